The van der Waals surface area contributed by atoms with Crippen molar-refractivity contribution in [3.63, 3.8) is 0 Å². The third kappa shape index (κ3) is 9.26. The van der Waals surface area contributed by atoms with Crippen LogP contribution in [-0.2, 0) is 38.6 Å². The van der Waals surface area contributed by atoms with Gasteiger partial charge in [0.15, 0.2) is 0 Å². The van der Waals surface area contributed by atoms with Crippen LogP contribution < -0.4 is 15.4 Å². The summed E-state index contributed by atoms with van der Waals surface area (Å²) in [5.41, 5.74) is 2.98. The Morgan fingerprint density at radius 1 is 0.775 bits per heavy atom. The number of nitrogens with one attached hydrogen (secondary N) is 2. The molecule has 40 heavy (non-hydrogen) atoms. The molecule has 0 aliphatic heterocycles. The number of methoxy groups -OCH3 is 1. The van der Waals surface area contributed by atoms with Crippen LogP contribution in [0.5, 0.6) is 5.75 Å². The van der Waals surface area contributed by atoms with E-state index in [2.05, 4.69) is 10.6 Å². The summed E-state index contributed by atoms with van der Waals surface area (Å²) in [6, 6.07) is 26.5. The first-order valence-corrected chi connectivity index (χ1v) is 13.9. The Morgan fingerprint density at radius 3 is 2.02 bits per heavy atom. The Bertz CT molecular complexity index is 1220. The number of esters is 1. The predicted octanol–water partition coefficient (Wildman–Crippen LogP) is 4.77. The van der Waals surface area contributed by atoms with Gasteiger partial charge in [0.25, 0.3) is 0 Å². The lowest BCUT2D eigenvalue weighted by atomic mass is 9.83. The van der Waals surface area contributed by atoms with Crippen LogP contribution in [0.15, 0.2) is 84.9 Å². The first-order chi connectivity index (χ1) is 19.5. The second-order valence-corrected chi connectivity index (χ2v) is 10.4. The van der Waals surface area contributed by atoms with Crippen molar-refractivity contribution in [2.75, 3.05) is 7.11 Å². The number of hydrogen-bond acceptors (Lipinski definition) is 5. The summed E-state index contributed by atoms with van der Waals surface area (Å²) in [5, 5.41) is 6.01. The van der Waals surface area contributed by atoms with E-state index >= 15 is 0 Å². The lowest BCUT2D eigenvalue weighted by molar-refractivity contribution is -0.145. The molecule has 0 saturated heterocycles. The highest BCUT2D eigenvalue weighted by atomic mass is 16.5. The van der Waals surface area contributed by atoms with Crippen molar-refractivity contribution >= 4 is 17.8 Å². The van der Waals surface area contributed by atoms with Crippen LogP contribution >= 0.6 is 0 Å². The third-order valence-electron chi connectivity index (χ3n) is 7.33. The largest absolute Gasteiger partial charge is 0.489 e. The van der Waals surface area contributed by atoms with Gasteiger partial charge in [-0.25, -0.2) is 4.79 Å². The predicted molar refractivity (Wildman–Crippen MR) is 154 cm³/mol. The van der Waals surface area contributed by atoms with Crippen molar-refractivity contribution in [3.8, 4) is 5.75 Å². The number of ether oxygens (including phenoxy) is 2. The van der Waals surface area contributed by atoms with Crippen LogP contribution in [0, 0.1) is 5.92 Å². The van der Waals surface area contributed by atoms with E-state index in [1.54, 1.807) is 0 Å². The van der Waals surface area contributed by atoms with Crippen molar-refractivity contribution in [1.29, 1.82) is 0 Å². The highest BCUT2D eigenvalue weighted by molar-refractivity contribution is 5.84. The fourth-order valence-electron chi connectivity index (χ4n) is 5.12. The topological polar surface area (TPSA) is 93.7 Å². The van der Waals surface area contributed by atoms with Crippen molar-refractivity contribution in [1.82, 2.24) is 10.6 Å². The summed E-state index contributed by atoms with van der Waals surface area (Å²) >= 11 is 0. The molecule has 4 rings (SSSR count). The lowest BCUT2D eigenvalue weighted by Gasteiger charge is -2.29. The van der Waals surface area contributed by atoms with Gasteiger partial charge in [-0.3, -0.25) is 9.59 Å². The van der Waals surface area contributed by atoms with Gasteiger partial charge in [0.1, 0.15) is 18.4 Å². The molecule has 0 bridgehead atoms. The smallest absolute Gasteiger partial charge is 0.328 e. The van der Waals surface area contributed by atoms with Gasteiger partial charge in [0, 0.05) is 18.9 Å². The van der Waals surface area contributed by atoms with Gasteiger partial charge < -0.3 is 20.1 Å². The van der Waals surface area contributed by atoms with Gasteiger partial charge >= 0.3 is 5.97 Å². The normalized spacial score (nSPS) is 17.3. The summed E-state index contributed by atoms with van der Waals surface area (Å²) in [6.07, 6.45) is 4.47. The minimum Gasteiger partial charge on any atom is -0.489 e. The molecule has 2 amide bonds. The molecule has 1 atom stereocenters. The van der Waals surface area contributed by atoms with Crippen LogP contribution in [0.1, 0.15) is 48.8 Å². The molecule has 1 fully saturated rings. The molecule has 3 aromatic rings. The van der Waals surface area contributed by atoms with Gasteiger partial charge in [0.2, 0.25) is 11.8 Å². The van der Waals surface area contributed by atoms with Gasteiger partial charge in [0.05, 0.1) is 13.5 Å². The van der Waals surface area contributed by atoms with Gasteiger partial charge in [-0.2, -0.15) is 0 Å². The Labute approximate surface area is 236 Å². The number of amides is 2. The maximum Gasteiger partial charge on any atom is 0.328 e. The number of carbonyl (C=O) groups excluding carboxylic acids is 3. The summed E-state index contributed by atoms with van der Waals surface area (Å²) in [5.74, 6) is 0.362. The Hall–Kier alpha value is -4.13. The highest BCUT2D eigenvalue weighted by Gasteiger charge is 2.27. The first-order valence-electron chi connectivity index (χ1n) is 13.9. The number of carbonyl (C=O) groups is 3. The van der Waals surface area contributed by atoms with E-state index in [4.69, 9.17) is 9.47 Å². The number of hydrogen-bond donors (Lipinski definition) is 2. The van der Waals surface area contributed by atoms with Crippen molar-refractivity contribution in [2.45, 2.75) is 63.6 Å². The zero-order valence-corrected chi connectivity index (χ0v) is 23.0. The van der Waals surface area contributed by atoms with E-state index in [1.165, 1.54) is 7.11 Å². The number of benzene rings is 3. The minimum absolute atomic E-state index is 0.0316. The fourth-order valence-corrected chi connectivity index (χ4v) is 5.12. The molecular formula is C33H38N2O5. The Balaban J connectivity index is 1.20. The molecule has 1 aliphatic carbocycles. The minimum atomic E-state index is -0.762. The van der Waals surface area contributed by atoms with Crippen LogP contribution in [0.3, 0.4) is 0 Å². The summed E-state index contributed by atoms with van der Waals surface area (Å²) in [6.45, 7) is 0.475. The zero-order valence-electron chi connectivity index (χ0n) is 23.0. The van der Waals surface area contributed by atoms with E-state index in [-0.39, 0.29) is 23.8 Å². The van der Waals surface area contributed by atoms with E-state index in [1.807, 2.05) is 84.9 Å². The average molecular weight is 543 g/mol. The summed E-state index contributed by atoms with van der Waals surface area (Å²) < 4.78 is 10.8. The molecular weight excluding hydrogens is 504 g/mol. The molecule has 0 unspecified atom stereocenters. The second kappa shape index (κ2) is 14.9. The van der Waals surface area contributed by atoms with Gasteiger partial charge in [-0.1, -0.05) is 72.8 Å². The lowest BCUT2D eigenvalue weighted by Crippen LogP contribution is -2.44. The maximum atomic E-state index is 12.9. The molecule has 0 heterocycles. The van der Waals surface area contributed by atoms with Gasteiger partial charge in [-0.15, -0.1) is 0 Å². The van der Waals surface area contributed by atoms with E-state index < -0.39 is 12.0 Å². The molecule has 1 saturated carbocycles. The molecule has 0 radical (unpaired) electrons. The molecule has 0 spiro atoms. The summed E-state index contributed by atoms with van der Waals surface area (Å²) in [7, 11) is 1.33. The van der Waals surface area contributed by atoms with Crippen molar-refractivity contribution in [2.24, 2.45) is 5.92 Å². The van der Waals surface area contributed by atoms with Crippen molar-refractivity contribution < 1.29 is 23.9 Å². The van der Waals surface area contributed by atoms with Crippen LogP contribution in [-0.4, -0.2) is 37.0 Å². The fraction of sp³-hybridized carbons (Fsp3) is 0.364. The first kappa shape index (κ1) is 28.9. The molecule has 1 aliphatic rings. The van der Waals surface area contributed by atoms with Crippen molar-refractivity contribution in [3.05, 3.63) is 102 Å². The second-order valence-electron chi connectivity index (χ2n) is 10.4. The molecule has 3 aromatic carbocycles. The van der Waals surface area contributed by atoms with E-state index in [0.29, 0.717) is 25.9 Å². The summed E-state index contributed by atoms with van der Waals surface area (Å²) in [4.78, 5) is 37.7. The molecule has 7 heteroatoms. The van der Waals surface area contributed by atoms with Crippen LogP contribution in [0.25, 0.3) is 0 Å². The zero-order chi connectivity index (χ0) is 28.2. The maximum absolute atomic E-state index is 12.9. The standard InChI is InChI=1S/C33H38N2O5/c1-39-33(38)30(20-25-14-18-29(19-15-25)40-23-27-10-6-3-7-11-27)35-32(37)22-26-12-16-28(17-13-26)34-31(36)21-24-8-4-2-5-9-24/h2-11,14-15,18-19,26,28,30H,12-13,16-17,20-23H2,1H3,(H,34,36)(H,35,37)/t26?,28?,30-/m0/s1. The van der Waals surface area contributed by atoms with Crippen LogP contribution in [0.2, 0.25) is 0 Å². The Morgan fingerprint density at radius 2 is 1.40 bits per heavy atom. The SMILES string of the molecule is COC(=O)[C@H](Cc1ccc(OCc2ccccc2)cc1)NC(=O)CC1CCC(NC(=O)Cc2ccccc2)CC1. The van der Waals surface area contributed by atoms with Crippen LogP contribution in [0.4, 0.5) is 0 Å². The molecule has 7 nitrogen and oxygen atoms in total. The highest BCUT2D eigenvalue weighted by Crippen LogP contribution is 2.27. The third-order valence-corrected chi connectivity index (χ3v) is 7.33. The van der Waals surface area contributed by atoms with E-state index in [0.717, 1.165) is 48.1 Å². The average Bonchev–Trinajstić information content (AvgIpc) is 2.98. The van der Waals surface area contributed by atoms with E-state index in [9.17, 15) is 14.4 Å². The monoisotopic (exact) mass is 542 g/mol. The molecule has 0 aromatic heterocycles. The Kier molecular flexibility index (Phi) is 10.7. The quantitative estimate of drug-likeness (QED) is 0.322. The molecule has 210 valence electrons. The molecule has 2 N–H and O–H groups in total. The number of rotatable bonds is 12. The van der Waals surface area contributed by atoms with Gasteiger partial charge in [-0.05, 0) is 60.4 Å².